The lowest BCUT2D eigenvalue weighted by atomic mass is 10.0. The van der Waals surface area contributed by atoms with E-state index in [4.69, 9.17) is 6.42 Å². The molecule has 86 valence electrons. The molecule has 0 saturated carbocycles. The minimum Gasteiger partial charge on any atom is -0.378 e. The molecular weight excluding hydrogens is 196 g/mol. The lowest BCUT2D eigenvalue weighted by Crippen LogP contribution is -2.21. The van der Waals surface area contributed by atoms with Crippen molar-refractivity contribution in [3.8, 4) is 12.3 Å². The van der Waals surface area contributed by atoms with E-state index in [2.05, 4.69) is 47.3 Å². The van der Waals surface area contributed by atoms with Gasteiger partial charge in [-0.15, -0.1) is 6.42 Å². The Morgan fingerprint density at radius 3 is 2.38 bits per heavy atom. The zero-order valence-electron chi connectivity index (χ0n) is 10.3. The molecule has 16 heavy (non-hydrogen) atoms. The van der Waals surface area contributed by atoms with Gasteiger partial charge in [0.15, 0.2) is 0 Å². The molecule has 0 aliphatic carbocycles. The Labute approximate surface area is 98.7 Å². The second-order valence-electron chi connectivity index (χ2n) is 4.03. The molecule has 0 amide bonds. The van der Waals surface area contributed by atoms with E-state index < -0.39 is 0 Å². The zero-order chi connectivity index (χ0) is 12.0. The summed E-state index contributed by atoms with van der Waals surface area (Å²) in [6.45, 7) is 2.78. The second kappa shape index (κ2) is 6.19. The second-order valence-corrected chi connectivity index (χ2v) is 4.03. The van der Waals surface area contributed by atoms with Gasteiger partial charge in [-0.25, -0.2) is 0 Å². The van der Waals surface area contributed by atoms with Crippen molar-refractivity contribution < 1.29 is 0 Å². The molecule has 1 aromatic rings. The molecule has 0 radical (unpaired) electrons. The average Bonchev–Trinajstić information content (AvgIpc) is 2.30. The highest BCUT2D eigenvalue weighted by Gasteiger charge is 2.07. The monoisotopic (exact) mass is 216 g/mol. The summed E-state index contributed by atoms with van der Waals surface area (Å²) in [7, 11) is 4.09. The first-order valence-corrected chi connectivity index (χ1v) is 5.63. The minimum atomic E-state index is 0.354. The first kappa shape index (κ1) is 12.6. The molecule has 2 nitrogen and oxygen atoms in total. The van der Waals surface area contributed by atoms with Gasteiger partial charge >= 0.3 is 0 Å². The Bertz CT molecular complexity index is 346. The Balaban J connectivity index is 2.75. The molecule has 1 unspecified atom stereocenters. The maximum atomic E-state index is 5.25. The molecule has 1 N–H and O–H groups in total. The predicted molar refractivity (Wildman–Crippen MR) is 70.6 cm³/mol. The van der Waals surface area contributed by atoms with Gasteiger partial charge in [0.2, 0.25) is 0 Å². The zero-order valence-corrected chi connectivity index (χ0v) is 10.3. The molecule has 1 rings (SSSR count). The quantitative estimate of drug-likeness (QED) is 0.760. The number of terminal acetylenes is 1. The van der Waals surface area contributed by atoms with Crippen molar-refractivity contribution in [2.24, 2.45) is 0 Å². The first-order chi connectivity index (χ1) is 7.69. The topological polar surface area (TPSA) is 15.3 Å². The number of anilines is 1. The summed E-state index contributed by atoms with van der Waals surface area (Å²) in [5.41, 5.74) is 2.51. The Morgan fingerprint density at radius 1 is 1.31 bits per heavy atom. The Morgan fingerprint density at radius 2 is 1.94 bits per heavy atom. The number of hydrogen-bond acceptors (Lipinski definition) is 2. The average molecular weight is 216 g/mol. The number of rotatable bonds is 5. The summed E-state index contributed by atoms with van der Waals surface area (Å²) in [6, 6.07) is 8.94. The van der Waals surface area contributed by atoms with Crippen molar-refractivity contribution in [3.63, 3.8) is 0 Å². The van der Waals surface area contributed by atoms with Crippen LogP contribution in [0.1, 0.15) is 24.9 Å². The van der Waals surface area contributed by atoms with Gasteiger partial charge in [-0.3, -0.25) is 5.32 Å². The van der Waals surface area contributed by atoms with Crippen LogP contribution in [-0.2, 0) is 0 Å². The van der Waals surface area contributed by atoms with Crippen molar-refractivity contribution >= 4 is 5.69 Å². The van der Waals surface area contributed by atoms with E-state index in [1.54, 1.807) is 0 Å². The van der Waals surface area contributed by atoms with E-state index in [0.717, 1.165) is 6.42 Å². The number of benzene rings is 1. The van der Waals surface area contributed by atoms with Crippen LogP contribution in [0.15, 0.2) is 24.3 Å². The normalized spacial score (nSPS) is 11.9. The third-order valence-electron chi connectivity index (χ3n) is 2.67. The Kier molecular flexibility index (Phi) is 4.88. The number of nitrogens with one attached hydrogen (secondary N) is 1. The van der Waals surface area contributed by atoms with E-state index in [9.17, 15) is 0 Å². The van der Waals surface area contributed by atoms with Crippen molar-refractivity contribution in [2.75, 3.05) is 25.5 Å². The fourth-order valence-electron chi connectivity index (χ4n) is 1.68. The summed E-state index contributed by atoms with van der Waals surface area (Å²) < 4.78 is 0. The number of nitrogens with zero attached hydrogens (tertiary/aromatic N) is 1. The highest BCUT2D eigenvalue weighted by Crippen LogP contribution is 2.19. The van der Waals surface area contributed by atoms with Gasteiger partial charge < -0.3 is 4.90 Å². The molecule has 0 saturated heterocycles. The summed E-state index contributed by atoms with van der Waals surface area (Å²) in [5.74, 6) is 2.61. The van der Waals surface area contributed by atoms with Crippen molar-refractivity contribution in [3.05, 3.63) is 29.8 Å². The lowest BCUT2D eigenvalue weighted by Gasteiger charge is -2.18. The highest BCUT2D eigenvalue weighted by molar-refractivity contribution is 5.46. The summed E-state index contributed by atoms with van der Waals surface area (Å²) in [6.07, 6.45) is 6.30. The predicted octanol–water partition coefficient (Wildman–Crippen LogP) is 2.43. The Hall–Kier alpha value is -1.46. The third-order valence-corrected chi connectivity index (χ3v) is 2.67. The maximum absolute atomic E-state index is 5.25. The van der Waals surface area contributed by atoms with Crippen LogP contribution < -0.4 is 10.2 Å². The van der Waals surface area contributed by atoms with Crippen LogP contribution in [0.25, 0.3) is 0 Å². The van der Waals surface area contributed by atoms with E-state index in [1.807, 2.05) is 14.1 Å². The summed E-state index contributed by atoms with van der Waals surface area (Å²) >= 11 is 0. The SMILES string of the molecule is C#CCNC(CC)c1ccc(N(C)C)cc1. The largest absolute Gasteiger partial charge is 0.378 e. The van der Waals surface area contributed by atoms with Crippen LogP contribution in [0.5, 0.6) is 0 Å². The molecule has 2 heteroatoms. The van der Waals surface area contributed by atoms with Crippen LogP contribution in [0.4, 0.5) is 5.69 Å². The minimum absolute atomic E-state index is 0.354. The van der Waals surface area contributed by atoms with Crippen LogP contribution >= 0.6 is 0 Å². The smallest absolute Gasteiger partial charge is 0.0578 e. The maximum Gasteiger partial charge on any atom is 0.0578 e. The molecule has 0 spiro atoms. The van der Waals surface area contributed by atoms with Crippen LogP contribution in [0.2, 0.25) is 0 Å². The van der Waals surface area contributed by atoms with Gasteiger partial charge in [-0.2, -0.15) is 0 Å². The van der Waals surface area contributed by atoms with Gasteiger partial charge in [0.25, 0.3) is 0 Å². The molecule has 0 heterocycles. The molecule has 0 fully saturated rings. The van der Waals surface area contributed by atoms with E-state index in [0.29, 0.717) is 12.6 Å². The van der Waals surface area contributed by atoms with Gasteiger partial charge in [0.1, 0.15) is 0 Å². The molecule has 1 atom stereocenters. The fourth-order valence-corrected chi connectivity index (χ4v) is 1.68. The van der Waals surface area contributed by atoms with E-state index in [1.165, 1.54) is 11.3 Å². The van der Waals surface area contributed by atoms with E-state index in [-0.39, 0.29) is 0 Å². The van der Waals surface area contributed by atoms with Gasteiger partial charge in [0, 0.05) is 25.8 Å². The van der Waals surface area contributed by atoms with Gasteiger partial charge in [-0.1, -0.05) is 25.0 Å². The van der Waals surface area contributed by atoms with Crippen molar-refractivity contribution in [1.29, 1.82) is 0 Å². The standard InChI is InChI=1S/C14H20N2/c1-5-11-15-14(6-2)12-7-9-13(10-8-12)16(3)4/h1,7-10,14-15H,6,11H2,2-4H3. The van der Waals surface area contributed by atoms with Crippen molar-refractivity contribution in [1.82, 2.24) is 5.32 Å². The summed E-state index contributed by atoms with van der Waals surface area (Å²) in [4.78, 5) is 2.10. The van der Waals surface area contributed by atoms with Gasteiger partial charge in [-0.05, 0) is 24.1 Å². The third kappa shape index (κ3) is 3.29. The fraction of sp³-hybridized carbons (Fsp3) is 0.429. The molecule has 0 aliphatic heterocycles. The van der Waals surface area contributed by atoms with E-state index >= 15 is 0 Å². The molecule has 0 bridgehead atoms. The number of hydrogen-bond donors (Lipinski definition) is 1. The molecule has 1 aromatic carbocycles. The van der Waals surface area contributed by atoms with Crippen molar-refractivity contribution in [2.45, 2.75) is 19.4 Å². The highest BCUT2D eigenvalue weighted by atomic mass is 15.1. The van der Waals surface area contributed by atoms with Crippen LogP contribution in [0.3, 0.4) is 0 Å². The molecule has 0 aliphatic rings. The van der Waals surface area contributed by atoms with Crippen LogP contribution in [-0.4, -0.2) is 20.6 Å². The van der Waals surface area contributed by atoms with Crippen LogP contribution in [0, 0.1) is 12.3 Å². The van der Waals surface area contributed by atoms with Gasteiger partial charge in [0.05, 0.1) is 6.54 Å². The lowest BCUT2D eigenvalue weighted by molar-refractivity contribution is 0.555. The molecule has 0 aromatic heterocycles. The first-order valence-electron chi connectivity index (χ1n) is 5.63. The summed E-state index contributed by atoms with van der Waals surface area (Å²) in [5, 5.41) is 3.33. The molecular formula is C14H20N2.